The molecule has 1 saturated carbocycles. The molecule has 10 nitrogen and oxygen atoms in total. The van der Waals surface area contributed by atoms with Crippen LogP contribution in [0.1, 0.15) is 56.6 Å². The molecule has 2 N–H and O–H groups in total. The molecular weight excluding hydrogens is 500 g/mol. The van der Waals surface area contributed by atoms with E-state index in [0.717, 1.165) is 39.8 Å². The van der Waals surface area contributed by atoms with Crippen molar-refractivity contribution in [2.24, 2.45) is 5.92 Å². The summed E-state index contributed by atoms with van der Waals surface area (Å²) in [6.07, 6.45) is 11.7. The van der Waals surface area contributed by atoms with E-state index in [1.807, 2.05) is 4.52 Å². The third-order valence-corrected chi connectivity index (χ3v) is 10.2. The summed E-state index contributed by atoms with van der Waals surface area (Å²) in [6.45, 7) is 1.92. The highest BCUT2D eigenvalue weighted by molar-refractivity contribution is 7.86. The molecule has 202 valence electrons. The van der Waals surface area contributed by atoms with Crippen molar-refractivity contribution in [1.29, 1.82) is 0 Å². The lowest BCUT2D eigenvalue weighted by Crippen LogP contribution is -2.44. The number of nitrogens with zero attached hydrogens (tertiary/aromatic N) is 7. The van der Waals surface area contributed by atoms with Crippen molar-refractivity contribution in [2.45, 2.75) is 57.4 Å². The van der Waals surface area contributed by atoms with Crippen LogP contribution in [0.2, 0.25) is 0 Å². The van der Waals surface area contributed by atoms with Crippen LogP contribution < -0.4 is 5.73 Å². The van der Waals surface area contributed by atoms with Crippen molar-refractivity contribution in [2.75, 3.05) is 32.9 Å². The van der Waals surface area contributed by atoms with Crippen molar-refractivity contribution in [3.05, 3.63) is 42.5 Å². The fourth-order valence-electron chi connectivity index (χ4n) is 6.18. The highest BCUT2D eigenvalue weighted by atomic mass is 32.2. The highest BCUT2D eigenvalue weighted by Crippen LogP contribution is 2.38. The van der Waals surface area contributed by atoms with E-state index in [1.54, 1.807) is 18.4 Å². The highest BCUT2D eigenvalue weighted by Gasteiger charge is 2.32. The predicted octanol–water partition coefficient (Wildman–Crippen LogP) is 3.89. The summed E-state index contributed by atoms with van der Waals surface area (Å²) < 4.78 is 32.0. The number of fused-ring (bicyclic) bond motifs is 2. The summed E-state index contributed by atoms with van der Waals surface area (Å²) in [7, 11) is -0.269. The minimum Gasteiger partial charge on any atom is -0.382 e. The fraction of sp³-hybridized carbons (Fsp3) is 0.519. The van der Waals surface area contributed by atoms with Crippen LogP contribution >= 0.6 is 0 Å². The second-order valence-electron chi connectivity index (χ2n) is 11.0. The Morgan fingerprint density at radius 2 is 1.82 bits per heavy atom. The smallest absolute Gasteiger partial charge is 0.281 e. The van der Waals surface area contributed by atoms with E-state index in [2.05, 4.69) is 45.2 Å². The summed E-state index contributed by atoms with van der Waals surface area (Å²) in [5, 5.41) is 10.6. The molecule has 1 aliphatic heterocycles. The SMILES string of the molecule is CN(C)S(=O)(=O)N1CCC(c2cc(-c3ccc4cn(CC5CCCCC5)nc4c3)c3c(N)ncnn23)CC1. The standard InChI is InChI=1S/C27H36N8O2S/c1-32(2)38(36,37)34-12-10-20(11-13-34)25-15-23(26-27(28)29-18-30-35(25)26)21-8-9-22-17-33(31-24(22)14-21)16-19-6-4-3-5-7-19/h8-9,14-15,17-20H,3-7,10-13,16H2,1-2H3,(H2,28,29,30). The number of rotatable bonds is 6. The first-order valence-corrected chi connectivity index (χ1v) is 15.0. The molecule has 0 radical (unpaired) electrons. The summed E-state index contributed by atoms with van der Waals surface area (Å²) >= 11 is 0. The molecule has 0 amide bonds. The Hall–Kier alpha value is -3.02. The summed E-state index contributed by atoms with van der Waals surface area (Å²) in [6, 6.07) is 8.53. The third kappa shape index (κ3) is 4.56. The molecule has 0 atom stereocenters. The van der Waals surface area contributed by atoms with Gasteiger partial charge in [0.05, 0.1) is 5.52 Å². The van der Waals surface area contributed by atoms with Crippen molar-refractivity contribution < 1.29 is 8.42 Å². The van der Waals surface area contributed by atoms with Gasteiger partial charge in [0.2, 0.25) is 0 Å². The minimum atomic E-state index is -3.42. The number of anilines is 1. The van der Waals surface area contributed by atoms with Gasteiger partial charge in [0.1, 0.15) is 11.8 Å². The Morgan fingerprint density at radius 3 is 2.55 bits per heavy atom. The zero-order valence-corrected chi connectivity index (χ0v) is 22.9. The molecule has 1 aromatic carbocycles. The largest absolute Gasteiger partial charge is 0.382 e. The van der Waals surface area contributed by atoms with E-state index in [-0.39, 0.29) is 5.92 Å². The predicted molar refractivity (Wildman–Crippen MR) is 149 cm³/mol. The molecular formula is C27H36N8O2S. The van der Waals surface area contributed by atoms with E-state index < -0.39 is 10.2 Å². The Morgan fingerprint density at radius 1 is 1.05 bits per heavy atom. The molecule has 1 saturated heterocycles. The van der Waals surface area contributed by atoms with Gasteiger partial charge in [0, 0.05) is 62.5 Å². The van der Waals surface area contributed by atoms with Gasteiger partial charge >= 0.3 is 0 Å². The Labute approximate surface area is 223 Å². The van der Waals surface area contributed by atoms with Crippen LogP contribution in [0.25, 0.3) is 27.5 Å². The van der Waals surface area contributed by atoms with Gasteiger partial charge in [-0.3, -0.25) is 4.68 Å². The molecule has 2 fully saturated rings. The Kier molecular flexibility index (Phi) is 6.61. The topological polar surface area (TPSA) is 115 Å². The number of nitrogen functional groups attached to an aromatic ring is 1. The summed E-state index contributed by atoms with van der Waals surface area (Å²) in [5.41, 5.74) is 11.2. The second kappa shape index (κ2) is 9.94. The molecule has 2 aliphatic rings. The number of nitrogens with two attached hydrogens (primary N) is 1. The molecule has 11 heteroatoms. The van der Waals surface area contributed by atoms with E-state index in [9.17, 15) is 8.42 Å². The maximum Gasteiger partial charge on any atom is 0.281 e. The van der Waals surface area contributed by atoms with Crippen LogP contribution in [0, 0.1) is 5.92 Å². The van der Waals surface area contributed by atoms with Crippen molar-refractivity contribution >= 4 is 32.4 Å². The summed E-state index contributed by atoms with van der Waals surface area (Å²) in [5.74, 6) is 1.31. The van der Waals surface area contributed by atoms with Gasteiger partial charge in [-0.1, -0.05) is 31.4 Å². The van der Waals surface area contributed by atoms with Crippen LogP contribution in [0.15, 0.2) is 36.8 Å². The van der Waals surface area contributed by atoms with Gasteiger partial charge in [0.25, 0.3) is 10.2 Å². The van der Waals surface area contributed by atoms with Gasteiger partial charge in [-0.2, -0.15) is 27.2 Å². The van der Waals surface area contributed by atoms with Crippen molar-refractivity contribution in [3.63, 3.8) is 0 Å². The Bertz CT molecular complexity index is 1560. The number of benzene rings is 1. The monoisotopic (exact) mass is 536 g/mol. The lowest BCUT2D eigenvalue weighted by atomic mass is 9.89. The van der Waals surface area contributed by atoms with Gasteiger partial charge in [-0.05, 0) is 49.3 Å². The summed E-state index contributed by atoms with van der Waals surface area (Å²) in [4.78, 5) is 4.28. The molecule has 0 unspecified atom stereocenters. The van der Waals surface area contributed by atoms with Gasteiger partial charge in [-0.25, -0.2) is 9.50 Å². The van der Waals surface area contributed by atoms with E-state index in [0.29, 0.717) is 37.7 Å². The second-order valence-corrected chi connectivity index (χ2v) is 13.1. The van der Waals surface area contributed by atoms with Crippen LogP contribution in [-0.4, -0.2) is 68.6 Å². The maximum absolute atomic E-state index is 12.6. The minimum absolute atomic E-state index is 0.164. The number of hydrogen-bond acceptors (Lipinski definition) is 6. The number of aromatic nitrogens is 5. The molecule has 4 aromatic rings. The number of piperidine rings is 1. The van der Waals surface area contributed by atoms with Crippen molar-refractivity contribution in [1.82, 2.24) is 33.0 Å². The van der Waals surface area contributed by atoms with Crippen LogP contribution in [-0.2, 0) is 16.8 Å². The van der Waals surface area contributed by atoms with E-state index >= 15 is 0 Å². The Balaban J connectivity index is 1.31. The van der Waals surface area contributed by atoms with Crippen LogP contribution in [0.5, 0.6) is 0 Å². The zero-order chi connectivity index (χ0) is 26.4. The molecule has 4 heterocycles. The number of hydrogen-bond donors (Lipinski definition) is 1. The average Bonchev–Trinajstić information content (AvgIpc) is 3.50. The average molecular weight is 537 g/mol. The van der Waals surface area contributed by atoms with Gasteiger partial charge in [0.15, 0.2) is 5.82 Å². The lowest BCUT2D eigenvalue weighted by Gasteiger charge is -2.32. The van der Waals surface area contributed by atoms with Gasteiger partial charge < -0.3 is 5.73 Å². The molecule has 38 heavy (non-hydrogen) atoms. The molecule has 0 bridgehead atoms. The van der Waals surface area contributed by atoms with Crippen LogP contribution in [0.3, 0.4) is 0 Å². The van der Waals surface area contributed by atoms with E-state index in [4.69, 9.17) is 10.8 Å². The maximum atomic E-state index is 12.6. The van der Waals surface area contributed by atoms with E-state index in [1.165, 1.54) is 42.7 Å². The first-order chi connectivity index (χ1) is 18.3. The zero-order valence-electron chi connectivity index (χ0n) is 22.1. The normalized spacial score (nSPS) is 18.7. The van der Waals surface area contributed by atoms with Crippen LogP contribution in [0.4, 0.5) is 5.82 Å². The first-order valence-electron chi connectivity index (χ1n) is 13.6. The molecule has 6 rings (SSSR count). The third-order valence-electron chi connectivity index (χ3n) is 8.31. The fourth-order valence-corrected chi connectivity index (χ4v) is 7.31. The van der Waals surface area contributed by atoms with Gasteiger partial charge in [-0.15, -0.1) is 0 Å². The molecule has 3 aromatic heterocycles. The quantitative estimate of drug-likeness (QED) is 0.400. The first kappa shape index (κ1) is 25.3. The molecule has 0 spiro atoms. The molecule has 1 aliphatic carbocycles. The lowest BCUT2D eigenvalue weighted by molar-refractivity contribution is 0.299. The van der Waals surface area contributed by atoms with Crippen molar-refractivity contribution in [3.8, 4) is 11.1 Å².